The molecule has 0 spiro atoms. The standard InChI is InChI=1S/C18H26N2O/c1-21-17-8-4-7-16(14-17)19-11-5-12-20-13-10-15-6-2-3-9-18(15)20/h2-3,6,9-10,13,16-17,19H,4-5,7-8,11-12,14H2,1H3. The van der Waals surface area contributed by atoms with Crippen LogP contribution in [0, 0.1) is 0 Å². The van der Waals surface area contributed by atoms with E-state index < -0.39 is 0 Å². The molecular formula is C18H26N2O. The van der Waals surface area contributed by atoms with Crippen LogP contribution >= 0.6 is 0 Å². The Morgan fingerprint density at radius 3 is 3.05 bits per heavy atom. The summed E-state index contributed by atoms with van der Waals surface area (Å²) in [5.41, 5.74) is 1.34. The quantitative estimate of drug-likeness (QED) is 0.822. The molecule has 0 radical (unpaired) electrons. The number of benzene rings is 1. The third-order valence-corrected chi connectivity index (χ3v) is 4.65. The van der Waals surface area contributed by atoms with Crippen molar-refractivity contribution in [2.45, 2.75) is 50.8 Å². The molecule has 1 heterocycles. The second-order valence-electron chi connectivity index (χ2n) is 6.10. The molecule has 2 aromatic rings. The van der Waals surface area contributed by atoms with Crippen LogP contribution < -0.4 is 5.32 Å². The summed E-state index contributed by atoms with van der Waals surface area (Å²) < 4.78 is 7.85. The summed E-state index contributed by atoms with van der Waals surface area (Å²) in [6.45, 7) is 2.18. The van der Waals surface area contributed by atoms with Gasteiger partial charge in [0.05, 0.1) is 6.10 Å². The van der Waals surface area contributed by atoms with Gasteiger partial charge in [-0.05, 0) is 56.2 Å². The van der Waals surface area contributed by atoms with Crippen molar-refractivity contribution in [3.63, 3.8) is 0 Å². The Morgan fingerprint density at radius 1 is 1.24 bits per heavy atom. The van der Waals surface area contributed by atoms with Crippen molar-refractivity contribution in [2.24, 2.45) is 0 Å². The van der Waals surface area contributed by atoms with Gasteiger partial charge >= 0.3 is 0 Å². The Balaban J connectivity index is 1.44. The highest BCUT2D eigenvalue weighted by molar-refractivity contribution is 5.79. The van der Waals surface area contributed by atoms with Gasteiger partial charge in [-0.2, -0.15) is 0 Å². The topological polar surface area (TPSA) is 26.2 Å². The van der Waals surface area contributed by atoms with Crippen LogP contribution in [0.1, 0.15) is 32.1 Å². The van der Waals surface area contributed by atoms with E-state index >= 15 is 0 Å². The molecule has 1 aromatic heterocycles. The first-order chi connectivity index (χ1) is 10.4. The van der Waals surface area contributed by atoms with Crippen molar-refractivity contribution < 1.29 is 4.74 Å². The monoisotopic (exact) mass is 286 g/mol. The van der Waals surface area contributed by atoms with Crippen molar-refractivity contribution in [3.8, 4) is 0 Å². The fourth-order valence-electron chi connectivity index (χ4n) is 3.44. The van der Waals surface area contributed by atoms with Gasteiger partial charge in [0.15, 0.2) is 0 Å². The number of ether oxygens (including phenoxy) is 1. The zero-order chi connectivity index (χ0) is 14.5. The molecule has 1 aromatic carbocycles. The highest BCUT2D eigenvalue weighted by Gasteiger charge is 2.20. The number of hydrogen-bond donors (Lipinski definition) is 1. The second-order valence-corrected chi connectivity index (χ2v) is 6.10. The van der Waals surface area contributed by atoms with Crippen molar-refractivity contribution in [1.29, 1.82) is 0 Å². The van der Waals surface area contributed by atoms with Gasteiger partial charge in [-0.25, -0.2) is 0 Å². The lowest BCUT2D eigenvalue weighted by atomic mass is 9.93. The fraction of sp³-hybridized carbons (Fsp3) is 0.556. The predicted octanol–water partition coefficient (Wildman–Crippen LogP) is 3.58. The van der Waals surface area contributed by atoms with Crippen LogP contribution in [0.15, 0.2) is 36.5 Å². The predicted molar refractivity (Wildman–Crippen MR) is 87.6 cm³/mol. The minimum Gasteiger partial charge on any atom is -0.381 e. The molecule has 2 atom stereocenters. The number of methoxy groups -OCH3 is 1. The molecule has 0 aliphatic heterocycles. The lowest BCUT2D eigenvalue weighted by Gasteiger charge is -2.29. The third-order valence-electron chi connectivity index (χ3n) is 4.65. The van der Waals surface area contributed by atoms with Crippen molar-refractivity contribution >= 4 is 10.9 Å². The van der Waals surface area contributed by atoms with Gasteiger partial charge in [-0.3, -0.25) is 0 Å². The number of hydrogen-bond acceptors (Lipinski definition) is 2. The fourth-order valence-corrected chi connectivity index (χ4v) is 3.44. The number of para-hydroxylation sites is 1. The van der Waals surface area contributed by atoms with E-state index in [1.165, 1.54) is 43.0 Å². The summed E-state index contributed by atoms with van der Waals surface area (Å²) in [7, 11) is 1.84. The highest BCUT2D eigenvalue weighted by atomic mass is 16.5. The Labute approximate surface area is 127 Å². The maximum absolute atomic E-state index is 5.49. The van der Waals surface area contributed by atoms with Crippen LogP contribution in [-0.2, 0) is 11.3 Å². The average molecular weight is 286 g/mol. The molecule has 1 N–H and O–H groups in total. The van der Waals surface area contributed by atoms with Gasteiger partial charge in [-0.1, -0.05) is 18.2 Å². The Bertz CT molecular complexity index is 563. The van der Waals surface area contributed by atoms with Crippen molar-refractivity contribution in [1.82, 2.24) is 9.88 Å². The van der Waals surface area contributed by atoms with Gasteiger partial charge in [0.25, 0.3) is 0 Å². The van der Waals surface area contributed by atoms with E-state index in [4.69, 9.17) is 4.74 Å². The summed E-state index contributed by atoms with van der Waals surface area (Å²) in [4.78, 5) is 0. The zero-order valence-electron chi connectivity index (χ0n) is 12.9. The normalized spacial score (nSPS) is 22.7. The molecule has 0 amide bonds. The van der Waals surface area contributed by atoms with Crippen LogP contribution in [0.2, 0.25) is 0 Å². The maximum Gasteiger partial charge on any atom is 0.0586 e. The Hall–Kier alpha value is -1.32. The van der Waals surface area contributed by atoms with E-state index in [0.717, 1.165) is 13.1 Å². The molecule has 114 valence electrons. The number of aryl methyl sites for hydroxylation is 1. The SMILES string of the molecule is COC1CCCC(NCCCn2ccc3ccccc32)C1. The smallest absolute Gasteiger partial charge is 0.0586 e. The molecule has 0 saturated heterocycles. The minimum atomic E-state index is 0.463. The van der Waals surface area contributed by atoms with E-state index in [-0.39, 0.29) is 0 Å². The Kier molecular flexibility index (Phi) is 4.94. The summed E-state index contributed by atoms with van der Waals surface area (Å²) in [5.74, 6) is 0. The maximum atomic E-state index is 5.49. The number of nitrogens with zero attached hydrogens (tertiary/aromatic N) is 1. The van der Waals surface area contributed by atoms with Crippen LogP contribution in [-0.4, -0.2) is 30.4 Å². The molecule has 1 fully saturated rings. The average Bonchev–Trinajstić information content (AvgIpc) is 2.95. The van der Waals surface area contributed by atoms with E-state index in [0.29, 0.717) is 12.1 Å². The van der Waals surface area contributed by atoms with Gasteiger partial charge < -0.3 is 14.6 Å². The van der Waals surface area contributed by atoms with Gasteiger partial charge in [0.2, 0.25) is 0 Å². The number of aromatic nitrogens is 1. The second kappa shape index (κ2) is 7.10. The lowest BCUT2D eigenvalue weighted by Crippen LogP contribution is -2.37. The van der Waals surface area contributed by atoms with Crippen LogP contribution in [0.3, 0.4) is 0 Å². The van der Waals surface area contributed by atoms with E-state index in [1.807, 2.05) is 7.11 Å². The molecule has 3 rings (SSSR count). The van der Waals surface area contributed by atoms with Crippen LogP contribution in [0.5, 0.6) is 0 Å². The van der Waals surface area contributed by atoms with E-state index in [1.54, 1.807) is 0 Å². The van der Waals surface area contributed by atoms with Crippen molar-refractivity contribution in [3.05, 3.63) is 36.5 Å². The zero-order valence-corrected chi connectivity index (χ0v) is 12.9. The molecule has 1 saturated carbocycles. The summed E-state index contributed by atoms with van der Waals surface area (Å²) in [6.07, 6.45) is 8.82. The summed E-state index contributed by atoms with van der Waals surface area (Å²) in [6, 6.07) is 11.4. The van der Waals surface area contributed by atoms with E-state index in [9.17, 15) is 0 Å². The molecule has 3 nitrogen and oxygen atoms in total. The number of fused-ring (bicyclic) bond motifs is 1. The summed E-state index contributed by atoms with van der Waals surface area (Å²) >= 11 is 0. The highest BCUT2D eigenvalue weighted by Crippen LogP contribution is 2.20. The first-order valence-electron chi connectivity index (χ1n) is 8.17. The third kappa shape index (κ3) is 3.66. The Morgan fingerprint density at radius 2 is 2.14 bits per heavy atom. The summed E-state index contributed by atoms with van der Waals surface area (Å²) in [5, 5.41) is 5.04. The molecule has 1 aliphatic rings. The van der Waals surface area contributed by atoms with E-state index in [2.05, 4.69) is 46.4 Å². The van der Waals surface area contributed by atoms with Crippen LogP contribution in [0.25, 0.3) is 10.9 Å². The molecule has 3 heteroatoms. The van der Waals surface area contributed by atoms with Gasteiger partial charge in [0, 0.05) is 31.4 Å². The molecule has 1 aliphatic carbocycles. The lowest BCUT2D eigenvalue weighted by molar-refractivity contribution is 0.0589. The minimum absolute atomic E-state index is 0.463. The molecular weight excluding hydrogens is 260 g/mol. The molecule has 21 heavy (non-hydrogen) atoms. The van der Waals surface area contributed by atoms with Gasteiger partial charge in [-0.15, -0.1) is 0 Å². The largest absolute Gasteiger partial charge is 0.381 e. The first kappa shape index (κ1) is 14.6. The molecule has 0 bridgehead atoms. The van der Waals surface area contributed by atoms with Crippen molar-refractivity contribution in [2.75, 3.05) is 13.7 Å². The first-order valence-corrected chi connectivity index (χ1v) is 8.17. The van der Waals surface area contributed by atoms with Crippen LogP contribution in [0.4, 0.5) is 0 Å². The number of rotatable bonds is 6. The molecule has 2 unspecified atom stereocenters. The van der Waals surface area contributed by atoms with Gasteiger partial charge in [0.1, 0.15) is 0 Å². The number of nitrogens with one attached hydrogen (secondary N) is 1.